The van der Waals surface area contributed by atoms with E-state index in [4.69, 9.17) is 0 Å². The van der Waals surface area contributed by atoms with Crippen molar-refractivity contribution in [2.75, 3.05) is 5.32 Å². The Kier molecular flexibility index (Phi) is 4.15. The summed E-state index contributed by atoms with van der Waals surface area (Å²) in [4.78, 5) is 21.7. The van der Waals surface area contributed by atoms with Gasteiger partial charge in [-0.25, -0.2) is 9.97 Å². The molecule has 0 aliphatic heterocycles. The second-order valence-electron chi connectivity index (χ2n) is 6.11. The lowest BCUT2D eigenvalue weighted by Gasteiger charge is -2.11. The highest BCUT2D eigenvalue weighted by atomic mass is 16.1. The number of nitrogens with one attached hydrogen (secondary N) is 1. The van der Waals surface area contributed by atoms with Crippen LogP contribution in [0.5, 0.6) is 0 Å². The normalized spacial score (nSPS) is 10.7. The number of carbonyl (C=O) groups is 1. The fraction of sp³-hybridized carbons (Fsp3) is 0.0455. The summed E-state index contributed by atoms with van der Waals surface area (Å²) in [6.45, 7) is 2.00. The summed E-state index contributed by atoms with van der Waals surface area (Å²) in [5, 5.41) is 3.90. The molecule has 0 spiro atoms. The molecule has 1 heterocycles. The Morgan fingerprint density at radius 3 is 2.58 bits per heavy atom. The Morgan fingerprint density at radius 2 is 1.69 bits per heavy atom. The number of para-hydroxylation sites is 1. The minimum Gasteiger partial charge on any atom is -0.322 e. The van der Waals surface area contributed by atoms with Gasteiger partial charge in [0.15, 0.2) is 0 Å². The lowest BCUT2D eigenvalue weighted by Crippen LogP contribution is -2.13. The van der Waals surface area contributed by atoms with Crippen LogP contribution in [0.2, 0.25) is 0 Å². The number of fused-ring (bicyclic) bond motifs is 1. The van der Waals surface area contributed by atoms with Crippen LogP contribution in [0.1, 0.15) is 15.9 Å². The maximum absolute atomic E-state index is 12.9. The van der Waals surface area contributed by atoms with Crippen molar-refractivity contribution in [2.24, 2.45) is 0 Å². The Bertz CT molecular complexity index is 1100. The van der Waals surface area contributed by atoms with Crippen molar-refractivity contribution in [1.82, 2.24) is 9.97 Å². The predicted molar refractivity (Wildman–Crippen MR) is 104 cm³/mol. The van der Waals surface area contributed by atoms with Gasteiger partial charge in [0.2, 0.25) is 0 Å². The van der Waals surface area contributed by atoms with Gasteiger partial charge in [-0.05, 0) is 36.8 Å². The molecule has 0 saturated carbocycles. The predicted octanol–water partition coefficient (Wildman–Crippen LogP) is 4.86. The van der Waals surface area contributed by atoms with Gasteiger partial charge < -0.3 is 5.32 Å². The molecule has 1 amide bonds. The standard InChI is InChI=1S/C22H17N3O/c1-15-7-6-8-16(13-15)25-22(26)18-10-3-2-9-17(18)21-19-11-4-5-12-20(19)23-14-24-21/h2-14H,1H3,(H,25,26). The van der Waals surface area contributed by atoms with E-state index in [0.29, 0.717) is 5.56 Å². The van der Waals surface area contributed by atoms with Crippen LogP contribution in [-0.4, -0.2) is 15.9 Å². The monoisotopic (exact) mass is 339 g/mol. The lowest BCUT2D eigenvalue weighted by atomic mass is 10.0. The van der Waals surface area contributed by atoms with Crippen LogP contribution in [-0.2, 0) is 0 Å². The van der Waals surface area contributed by atoms with Crippen molar-refractivity contribution in [3.8, 4) is 11.3 Å². The van der Waals surface area contributed by atoms with Gasteiger partial charge in [0.05, 0.1) is 11.2 Å². The zero-order valence-corrected chi connectivity index (χ0v) is 14.3. The van der Waals surface area contributed by atoms with Gasteiger partial charge in [0, 0.05) is 22.2 Å². The number of aryl methyl sites for hydroxylation is 1. The van der Waals surface area contributed by atoms with Gasteiger partial charge in [-0.2, -0.15) is 0 Å². The first-order chi connectivity index (χ1) is 12.7. The molecule has 0 bridgehead atoms. The van der Waals surface area contributed by atoms with Gasteiger partial charge in [0.25, 0.3) is 5.91 Å². The molecule has 4 heteroatoms. The Morgan fingerprint density at radius 1 is 0.885 bits per heavy atom. The van der Waals surface area contributed by atoms with E-state index in [1.807, 2.05) is 79.7 Å². The van der Waals surface area contributed by atoms with Crippen molar-refractivity contribution >= 4 is 22.5 Å². The molecule has 0 radical (unpaired) electrons. The van der Waals surface area contributed by atoms with Gasteiger partial charge in [-0.3, -0.25) is 4.79 Å². The van der Waals surface area contributed by atoms with E-state index in [0.717, 1.165) is 33.4 Å². The maximum atomic E-state index is 12.9. The summed E-state index contributed by atoms with van der Waals surface area (Å²) >= 11 is 0. The number of amides is 1. The molecule has 1 aromatic heterocycles. The Hall–Kier alpha value is -3.53. The van der Waals surface area contributed by atoms with Crippen molar-refractivity contribution in [3.05, 3.63) is 90.3 Å². The molecule has 0 fully saturated rings. The minimum absolute atomic E-state index is 0.158. The Balaban J connectivity index is 1.78. The SMILES string of the molecule is Cc1cccc(NC(=O)c2ccccc2-c2ncnc3ccccc23)c1. The number of rotatable bonds is 3. The molecule has 4 nitrogen and oxygen atoms in total. The highest BCUT2D eigenvalue weighted by Gasteiger charge is 2.15. The van der Waals surface area contributed by atoms with E-state index < -0.39 is 0 Å². The van der Waals surface area contributed by atoms with Crippen LogP contribution < -0.4 is 5.32 Å². The molecule has 26 heavy (non-hydrogen) atoms. The molecular formula is C22H17N3O. The van der Waals surface area contributed by atoms with Gasteiger partial charge in [-0.15, -0.1) is 0 Å². The van der Waals surface area contributed by atoms with E-state index in [2.05, 4.69) is 15.3 Å². The van der Waals surface area contributed by atoms with Crippen LogP contribution in [0.25, 0.3) is 22.2 Å². The minimum atomic E-state index is -0.158. The van der Waals surface area contributed by atoms with E-state index >= 15 is 0 Å². The number of hydrogen-bond donors (Lipinski definition) is 1. The van der Waals surface area contributed by atoms with E-state index in [9.17, 15) is 4.79 Å². The zero-order chi connectivity index (χ0) is 17.9. The summed E-state index contributed by atoms with van der Waals surface area (Å²) in [5.74, 6) is -0.158. The summed E-state index contributed by atoms with van der Waals surface area (Å²) in [6, 6.07) is 23.1. The van der Waals surface area contributed by atoms with E-state index in [-0.39, 0.29) is 5.91 Å². The van der Waals surface area contributed by atoms with Gasteiger partial charge in [0.1, 0.15) is 6.33 Å². The molecular weight excluding hydrogens is 322 g/mol. The number of carbonyl (C=O) groups excluding carboxylic acids is 1. The molecule has 0 atom stereocenters. The summed E-state index contributed by atoms with van der Waals surface area (Å²) in [6.07, 6.45) is 1.53. The van der Waals surface area contributed by atoms with Crippen LogP contribution in [0, 0.1) is 6.92 Å². The van der Waals surface area contributed by atoms with Crippen molar-refractivity contribution < 1.29 is 4.79 Å². The van der Waals surface area contributed by atoms with Crippen molar-refractivity contribution in [1.29, 1.82) is 0 Å². The van der Waals surface area contributed by atoms with Crippen LogP contribution in [0.15, 0.2) is 79.1 Å². The van der Waals surface area contributed by atoms with Crippen molar-refractivity contribution in [3.63, 3.8) is 0 Å². The fourth-order valence-corrected chi connectivity index (χ4v) is 3.03. The quantitative estimate of drug-likeness (QED) is 0.580. The molecule has 4 rings (SSSR count). The fourth-order valence-electron chi connectivity index (χ4n) is 3.03. The molecule has 126 valence electrons. The van der Waals surface area contributed by atoms with Crippen molar-refractivity contribution in [2.45, 2.75) is 6.92 Å². The first-order valence-electron chi connectivity index (χ1n) is 8.39. The number of nitrogens with zero attached hydrogens (tertiary/aromatic N) is 2. The average molecular weight is 339 g/mol. The number of aromatic nitrogens is 2. The third kappa shape index (κ3) is 3.05. The third-order valence-electron chi connectivity index (χ3n) is 4.25. The largest absolute Gasteiger partial charge is 0.322 e. The van der Waals surface area contributed by atoms with Crippen LogP contribution in [0.4, 0.5) is 5.69 Å². The first-order valence-corrected chi connectivity index (χ1v) is 8.39. The highest BCUT2D eigenvalue weighted by Crippen LogP contribution is 2.28. The summed E-state index contributed by atoms with van der Waals surface area (Å²) < 4.78 is 0. The third-order valence-corrected chi connectivity index (χ3v) is 4.25. The number of anilines is 1. The maximum Gasteiger partial charge on any atom is 0.256 e. The second kappa shape index (κ2) is 6.76. The molecule has 0 unspecified atom stereocenters. The van der Waals surface area contributed by atoms with Gasteiger partial charge in [-0.1, -0.05) is 48.5 Å². The lowest BCUT2D eigenvalue weighted by molar-refractivity contribution is 0.102. The highest BCUT2D eigenvalue weighted by molar-refractivity contribution is 6.10. The first kappa shape index (κ1) is 16.0. The van der Waals surface area contributed by atoms with Gasteiger partial charge >= 0.3 is 0 Å². The number of benzene rings is 3. The molecule has 0 aliphatic carbocycles. The Labute approximate surface area is 151 Å². The summed E-state index contributed by atoms with van der Waals surface area (Å²) in [7, 11) is 0. The second-order valence-corrected chi connectivity index (χ2v) is 6.11. The zero-order valence-electron chi connectivity index (χ0n) is 14.3. The molecule has 0 aliphatic rings. The summed E-state index contributed by atoms with van der Waals surface area (Å²) in [5.41, 5.74) is 4.85. The van der Waals surface area contributed by atoms with E-state index in [1.165, 1.54) is 6.33 Å². The van der Waals surface area contributed by atoms with E-state index in [1.54, 1.807) is 0 Å². The molecule has 3 aromatic carbocycles. The average Bonchev–Trinajstić information content (AvgIpc) is 2.67. The molecule has 1 N–H and O–H groups in total. The molecule has 0 saturated heterocycles. The van der Waals surface area contributed by atoms with Crippen LogP contribution in [0.3, 0.4) is 0 Å². The smallest absolute Gasteiger partial charge is 0.256 e. The molecule has 4 aromatic rings. The van der Waals surface area contributed by atoms with Crippen LogP contribution >= 0.6 is 0 Å². The number of hydrogen-bond acceptors (Lipinski definition) is 3. The topological polar surface area (TPSA) is 54.9 Å².